The highest BCUT2D eigenvalue weighted by Crippen LogP contribution is 2.27. The first-order valence-electron chi connectivity index (χ1n) is 7.05. The number of nitrogens with zero attached hydrogens (tertiary/aromatic N) is 2. The van der Waals surface area contributed by atoms with E-state index in [1.165, 1.54) is 5.56 Å². The van der Waals surface area contributed by atoms with Crippen molar-refractivity contribution in [2.45, 2.75) is 18.2 Å². The van der Waals surface area contributed by atoms with E-state index in [4.69, 9.17) is 17.3 Å². The molecule has 0 aliphatic rings. The van der Waals surface area contributed by atoms with Crippen LogP contribution in [-0.2, 0) is 6.42 Å². The fourth-order valence-corrected chi connectivity index (χ4v) is 2.74. The maximum absolute atomic E-state index is 6.29. The highest BCUT2D eigenvalue weighted by Gasteiger charge is 2.10. The van der Waals surface area contributed by atoms with Crippen molar-refractivity contribution >= 4 is 40.7 Å². The van der Waals surface area contributed by atoms with Gasteiger partial charge in [0.2, 0.25) is 5.96 Å². The molecule has 2 aromatic rings. The van der Waals surface area contributed by atoms with Crippen LogP contribution in [0.15, 0.2) is 52.4 Å². The highest BCUT2D eigenvalue weighted by atomic mass is 35.5. The van der Waals surface area contributed by atoms with E-state index in [9.17, 15) is 0 Å². The van der Waals surface area contributed by atoms with E-state index in [1.54, 1.807) is 11.8 Å². The SMILES string of the molecule is CCc1ccc(Cl)c(N(C)C(N)=Nc2cccc(SC)c2)c1. The molecule has 2 rings (SSSR count). The number of aryl methyl sites for hydroxylation is 1. The summed E-state index contributed by atoms with van der Waals surface area (Å²) in [4.78, 5) is 7.46. The summed E-state index contributed by atoms with van der Waals surface area (Å²) >= 11 is 7.96. The molecule has 0 unspecified atom stereocenters. The fourth-order valence-electron chi connectivity index (χ4n) is 2.05. The number of rotatable bonds is 4. The van der Waals surface area contributed by atoms with Crippen molar-refractivity contribution in [1.29, 1.82) is 0 Å². The summed E-state index contributed by atoms with van der Waals surface area (Å²) in [6.45, 7) is 2.11. The first-order valence-corrected chi connectivity index (χ1v) is 8.65. The summed E-state index contributed by atoms with van der Waals surface area (Å²) in [5.41, 5.74) is 9.05. The van der Waals surface area contributed by atoms with Crippen LogP contribution in [0.4, 0.5) is 11.4 Å². The van der Waals surface area contributed by atoms with E-state index in [0.29, 0.717) is 11.0 Å². The lowest BCUT2D eigenvalue weighted by atomic mass is 10.1. The van der Waals surface area contributed by atoms with Gasteiger partial charge in [0, 0.05) is 11.9 Å². The number of hydrogen-bond acceptors (Lipinski definition) is 2. The predicted octanol–water partition coefficient (Wildman–Crippen LogP) is 4.71. The van der Waals surface area contributed by atoms with E-state index in [-0.39, 0.29) is 0 Å². The molecule has 0 fully saturated rings. The van der Waals surface area contributed by atoms with Gasteiger partial charge >= 0.3 is 0 Å². The van der Waals surface area contributed by atoms with Crippen molar-refractivity contribution in [2.75, 3.05) is 18.2 Å². The summed E-state index contributed by atoms with van der Waals surface area (Å²) in [6.07, 6.45) is 2.99. The molecule has 0 heterocycles. The van der Waals surface area contributed by atoms with Crippen LogP contribution in [0.25, 0.3) is 0 Å². The second-order valence-electron chi connectivity index (χ2n) is 4.87. The molecular weight excluding hydrogens is 314 g/mol. The van der Waals surface area contributed by atoms with E-state index in [1.807, 2.05) is 60.7 Å². The minimum Gasteiger partial charge on any atom is -0.369 e. The molecule has 5 heteroatoms. The number of guanidine groups is 1. The van der Waals surface area contributed by atoms with Gasteiger partial charge in [-0.15, -0.1) is 11.8 Å². The number of anilines is 1. The molecule has 0 atom stereocenters. The van der Waals surface area contributed by atoms with Crippen LogP contribution < -0.4 is 10.6 Å². The van der Waals surface area contributed by atoms with Crippen molar-refractivity contribution in [1.82, 2.24) is 0 Å². The highest BCUT2D eigenvalue weighted by molar-refractivity contribution is 7.98. The van der Waals surface area contributed by atoms with Crippen molar-refractivity contribution in [3.05, 3.63) is 53.1 Å². The van der Waals surface area contributed by atoms with Gasteiger partial charge < -0.3 is 10.6 Å². The van der Waals surface area contributed by atoms with Crippen LogP contribution in [0.2, 0.25) is 5.02 Å². The van der Waals surface area contributed by atoms with Crippen molar-refractivity contribution < 1.29 is 0 Å². The maximum atomic E-state index is 6.29. The van der Waals surface area contributed by atoms with Gasteiger partial charge in [0.25, 0.3) is 0 Å². The molecule has 0 aliphatic carbocycles. The number of halogens is 1. The molecule has 0 amide bonds. The van der Waals surface area contributed by atoms with Gasteiger partial charge in [-0.1, -0.05) is 30.7 Å². The lowest BCUT2D eigenvalue weighted by Gasteiger charge is -2.20. The summed E-state index contributed by atoms with van der Waals surface area (Å²) < 4.78 is 0. The third-order valence-corrected chi connectivity index (χ3v) is 4.47. The van der Waals surface area contributed by atoms with Crippen LogP contribution >= 0.6 is 23.4 Å². The van der Waals surface area contributed by atoms with Crippen molar-refractivity contribution in [3.63, 3.8) is 0 Å². The molecule has 116 valence electrons. The van der Waals surface area contributed by atoms with Gasteiger partial charge in [0.15, 0.2) is 0 Å². The molecule has 0 aliphatic heterocycles. The second kappa shape index (κ2) is 7.56. The molecule has 0 radical (unpaired) electrons. The summed E-state index contributed by atoms with van der Waals surface area (Å²) in [5, 5.41) is 0.663. The molecule has 2 N–H and O–H groups in total. The van der Waals surface area contributed by atoms with Gasteiger partial charge in [-0.05, 0) is 48.6 Å². The predicted molar refractivity (Wildman–Crippen MR) is 98.7 cm³/mol. The lowest BCUT2D eigenvalue weighted by Crippen LogP contribution is -2.33. The van der Waals surface area contributed by atoms with Gasteiger partial charge in [0.1, 0.15) is 0 Å². The Labute approximate surface area is 141 Å². The molecule has 0 spiro atoms. The van der Waals surface area contributed by atoms with Gasteiger partial charge in [-0.2, -0.15) is 0 Å². The second-order valence-corrected chi connectivity index (χ2v) is 6.16. The molecule has 22 heavy (non-hydrogen) atoms. The van der Waals surface area contributed by atoms with E-state index in [0.717, 1.165) is 22.7 Å². The Morgan fingerprint density at radius 1 is 1.27 bits per heavy atom. The Morgan fingerprint density at radius 2 is 2.05 bits per heavy atom. The number of thioether (sulfide) groups is 1. The van der Waals surface area contributed by atoms with Gasteiger partial charge in [0.05, 0.1) is 16.4 Å². The van der Waals surface area contributed by atoms with Crippen LogP contribution in [0.3, 0.4) is 0 Å². The summed E-state index contributed by atoms with van der Waals surface area (Å²) in [6, 6.07) is 13.9. The average molecular weight is 334 g/mol. The normalized spacial score (nSPS) is 11.5. The number of aliphatic imine (C=N–C) groups is 1. The summed E-state index contributed by atoms with van der Waals surface area (Å²) in [5.74, 6) is 0.411. The standard InChI is InChI=1S/C17H20ClN3S/c1-4-12-8-9-15(18)16(10-12)21(2)17(19)20-13-6-5-7-14(11-13)22-3/h5-11H,4H2,1-3H3,(H2,19,20). The molecule has 0 saturated carbocycles. The number of hydrogen-bond donors (Lipinski definition) is 1. The zero-order valence-electron chi connectivity index (χ0n) is 13.0. The number of benzene rings is 2. The molecular formula is C17H20ClN3S. The Balaban J connectivity index is 2.31. The maximum Gasteiger partial charge on any atom is 0.200 e. The topological polar surface area (TPSA) is 41.6 Å². The quantitative estimate of drug-likeness (QED) is 0.500. The number of nitrogens with two attached hydrogens (primary N) is 1. The van der Waals surface area contributed by atoms with Gasteiger partial charge in [-0.3, -0.25) is 0 Å². The average Bonchev–Trinajstić information content (AvgIpc) is 2.54. The molecule has 0 bridgehead atoms. The Hall–Kier alpha value is -1.65. The minimum atomic E-state index is 0.411. The van der Waals surface area contributed by atoms with Crippen molar-refractivity contribution in [3.8, 4) is 0 Å². The lowest BCUT2D eigenvalue weighted by molar-refractivity contribution is 1.13. The van der Waals surface area contributed by atoms with E-state index >= 15 is 0 Å². The monoisotopic (exact) mass is 333 g/mol. The molecule has 2 aromatic carbocycles. The molecule has 0 saturated heterocycles. The van der Waals surface area contributed by atoms with Crippen molar-refractivity contribution in [2.24, 2.45) is 10.7 Å². The minimum absolute atomic E-state index is 0.411. The van der Waals surface area contributed by atoms with Crippen LogP contribution in [0.5, 0.6) is 0 Å². The Kier molecular flexibility index (Phi) is 5.75. The zero-order chi connectivity index (χ0) is 16.1. The Morgan fingerprint density at radius 3 is 2.73 bits per heavy atom. The smallest absolute Gasteiger partial charge is 0.200 e. The zero-order valence-corrected chi connectivity index (χ0v) is 14.6. The van der Waals surface area contributed by atoms with Crippen LogP contribution in [0, 0.1) is 0 Å². The first kappa shape index (κ1) is 16.7. The van der Waals surface area contributed by atoms with Crippen LogP contribution in [-0.4, -0.2) is 19.3 Å². The largest absolute Gasteiger partial charge is 0.369 e. The van der Waals surface area contributed by atoms with E-state index < -0.39 is 0 Å². The molecule has 3 nitrogen and oxygen atoms in total. The Bertz CT molecular complexity index is 685. The fraction of sp³-hybridized carbons (Fsp3) is 0.235. The third-order valence-electron chi connectivity index (χ3n) is 3.42. The van der Waals surface area contributed by atoms with Crippen LogP contribution in [0.1, 0.15) is 12.5 Å². The molecule has 0 aromatic heterocycles. The third kappa shape index (κ3) is 3.96. The van der Waals surface area contributed by atoms with E-state index in [2.05, 4.69) is 11.9 Å². The first-order chi connectivity index (χ1) is 10.5. The van der Waals surface area contributed by atoms with Gasteiger partial charge in [-0.25, -0.2) is 4.99 Å². The summed E-state index contributed by atoms with van der Waals surface area (Å²) in [7, 11) is 1.87.